The fourth-order valence-electron chi connectivity index (χ4n) is 2.41. The van der Waals surface area contributed by atoms with Crippen LogP contribution in [0.15, 0.2) is 0 Å². The molecule has 88 valence electrons. The molecule has 1 aliphatic rings. The third kappa shape index (κ3) is 2.69. The SMILES string of the molecule is CCCN(C(C)C)C1(CC(=O)O)CNC1. The molecule has 0 radical (unpaired) electrons. The Morgan fingerprint density at radius 3 is 2.40 bits per heavy atom. The van der Waals surface area contributed by atoms with Gasteiger partial charge in [0.1, 0.15) is 0 Å². The molecule has 0 spiro atoms. The molecule has 0 amide bonds. The van der Waals surface area contributed by atoms with E-state index in [0.717, 1.165) is 26.1 Å². The average molecular weight is 214 g/mol. The summed E-state index contributed by atoms with van der Waals surface area (Å²) in [5.74, 6) is -0.696. The summed E-state index contributed by atoms with van der Waals surface area (Å²) in [5.41, 5.74) is -0.143. The van der Waals surface area contributed by atoms with E-state index in [1.165, 1.54) is 0 Å². The Morgan fingerprint density at radius 2 is 2.13 bits per heavy atom. The van der Waals surface area contributed by atoms with Gasteiger partial charge in [0, 0.05) is 19.1 Å². The molecule has 0 bridgehead atoms. The molecule has 15 heavy (non-hydrogen) atoms. The topological polar surface area (TPSA) is 52.6 Å². The zero-order chi connectivity index (χ0) is 11.5. The standard InChI is InChI=1S/C11H22N2O2/c1-4-5-13(9(2)3)11(6-10(14)15)7-12-8-11/h9,12H,4-8H2,1-3H3,(H,14,15). The maximum Gasteiger partial charge on any atom is 0.305 e. The van der Waals surface area contributed by atoms with E-state index in [-0.39, 0.29) is 12.0 Å². The summed E-state index contributed by atoms with van der Waals surface area (Å²) in [4.78, 5) is 13.2. The van der Waals surface area contributed by atoms with Gasteiger partial charge >= 0.3 is 5.97 Å². The second-order valence-corrected chi connectivity index (χ2v) is 4.69. The van der Waals surface area contributed by atoms with Crippen LogP contribution in [-0.2, 0) is 4.79 Å². The van der Waals surface area contributed by atoms with Gasteiger partial charge in [0.15, 0.2) is 0 Å². The van der Waals surface area contributed by atoms with Crippen LogP contribution in [0, 0.1) is 0 Å². The Hall–Kier alpha value is -0.610. The first-order chi connectivity index (χ1) is 7.02. The van der Waals surface area contributed by atoms with Crippen molar-refractivity contribution in [2.24, 2.45) is 0 Å². The van der Waals surface area contributed by atoms with Crippen LogP contribution in [0.1, 0.15) is 33.6 Å². The van der Waals surface area contributed by atoms with E-state index in [4.69, 9.17) is 5.11 Å². The third-order valence-corrected chi connectivity index (χ3v) is 3.09. The number of nitrogens with zero attached hydrogens (tertiary/aromatic N) is 1. The van der Waals surface area contributed by atoms with Crippen molar-refractivity contribution in [3.63, 3.8) is 0 Å². The minimum absolute atomic E-state index is 0.143. The van der Waals surface area contributed by atoms with E-state index in [0.29, 0.717) is 6.04 Å². The maximum atomic E-state index is 10.9. The van der Waals surface area contributed by atoms with Crippen molar-refractivity contribution in [1.82, 2.24) is 10.2 Å². The quantitative estimate of drug-likeness (QED) is 0.690. The van der Waals surface area contributed by atoms with E-state index in [1.807, 2.05) is 0 Å². The van der Waals surface area contributed by atoms with Crippen molar-refractivity contribution in [2.75, 3.05) is 19.6 Å². The van der Waals surface area contributed by atoms with Crippen LogP contribution in [0.2, 0.25) is 0 Å². The molecule has 0 saturated carbocycles. The van der Waals surface area contributed by atoms with Gasteiger partial charge in [-0.1, -0.05) is 6.92 Å². The Bertz CT molecular complexity index is 225. The smallest absolute Gasteiger partial charge is 0.305 e. The lowest BCUT2D eigenvalue weighted by atomic mass is 9.85. The molecule has 0 aromatic heterocycles. The van der Waals surface area contributed by atoms with Crippen LogP contribution in [0.25, 0.3) is 0 Å². The van der Waals surface area contributed by atoms with Gasteiger partial charge in [0.05, 0.1) is 12.0 Å². The maximum absolute atomic E-state index is 10.9. The summed E-state index contributed by atoms with van der Waals surface area (Å²) in [6.07, 6.45) is 1.32. The van der Waals surface area contributed by atoms with Crippen LogP contribution < -0.4 is 5.32 Å². The first-order valence-corrected chi connectivity index (χ1v) is 5.71. The molecular weight excluding hydrogens is 192 g/mol. The molecule has 0 aromatic rings. The number of carboxylic acid groups (broad SMARTS) is 1. The zero-order valence-electron chi connectivity index (χ0n) is 9.92. The van der Waals surface area contributed by atoms with Crippen LogP contribution >= 0.6 is 0 Å². The van der Waals surface area contributed by atoms with Crippen LogP contribution in [0.4, 0.5) is 0 Å². The lowest BCUT2D eigenvalue weighted by molar-refractivity contribution is -0.142. The zero-order valence-corrected chi connectivity index (χ0v) is 9.92. The number of nitrogens with one attached hydrogen (secondary N) is 1. The van der Waals surface area contributed by atoms with Crippen LogP contribution in [0.3, 0.4) is 0 Å². The van der Waals surface area contributed by atoms with Gasteiger partial charge in [-0.3, -0.25) is 9.69 Å². The van der Waals surface area contributed by atoms with E-state index >= 15 is 0 Å². The summed E-state index contributed by atoms with van der Waals surface area (Å²) in [7, 11) is 0. The molecule has 0 aliphatic carbocycles. The summed E-state index contributed by atoms with van der Waals surface area (Å²) in [6.45, 7) is 8.99. The Kier molecular flexibility index (Phi) is 4.11. The molecular formula is C11H22N2O2. The van der Waals surface area contributed by atoms with Gasteiger partial charge in [0.25, 0.3) is 0 Å². The molecule has 0 unspecified atom stereocenters. The molecule has 1 rings (SSSR count). The normalized spacial score (nSPS) is 19.3. The number of rotatable bonds is 6. The van der Waals surface area contributed by atoms with Crippen molar-refractivity contribution >= 4 is 5.97 Å². The molecule has 1 fully saturated rings. The molecule has 2 N–H and O–H groups in total. The fraction of sp³-hybridized carbons (Fsp3) is 0.909. The van der Waals surface area contributed by atoms with E-state index in [2.05, 4.69) is 31.0 Å². The lowest BCUT2D eigenvalue weighted by Crippen LogP contribution is -2.71. The summed E-state index contributed by atoms with van der Waals surface area (Å²) < 4.78 is 0. The number of carbonyl (C=O) groups is 1. The predicted molar refractivity (Wildman–Crippen MR) is 60.0 cm³/mol. The van der Waals surface area contributed by atoms with Crippen LogP contribution in [0.5, 0.6) is 0 Å². The lowest BCUT2D eigenvalue weighted by Gasteiger charge is -2.52. The minimum Gasteiger partial charge on any atom is -0.481 e. The summed E-state index contributed by atoms with van der Waals surface area (Å²) in [6, 6.07) is 0.409. The van der Waals surface area contributed by atoms with Crippen molar-refractivity contribution in [3.05, 3.63) is 0 Å². The first-order valence-electron chi connectivity index (χ1n) is 5.71. The summed E-state index contributed by atoms with van der Waals surface area (Å²) >= 11 is 0. The van der Waals surface area contributed by atoms with Gasteiger partial charge in [0.2, 0.25) is 0 Å². The number of carboxylic acids is 1. The van der Waals surface area contributed by atoms with Gasteiger partial charge in [-0.05, 0) is 26.8 Å². The highest BCUT2D eigenvalue weighted by atomic mass is 16.4. The minimum atomic E-state index is -0.696. The second-order valence-electron chi connectivity index (χ2n) is 4.69. The highest BCUT2D eigenvalue weighted by molar-refractivity contribution is 5.68. The third-order valence-electron chi connectivity index (χ3n) is 3.09. The summed E-state index contributed by atoms with van der Waals surface area (Å²) in [5, 5.41) is 12.2. The van der Waals surface area contributed by atoms with Gasteiger partial charge in [-0.15, -0.1) is 0 Å². The number of aliphatic carboxylic acids is 1. The molecule has 1 aliphatic heterocycles. The van der Waals surface area contributed by atoms with Crippen molar-refractivity contribution in [1.29, 1.82) is 0 Å². The Labute approximate surface area is 91.6 Å². The molecule has 0 atom stereocenters. The highest BCUT2D eigenvalue weighted by Gasteiger charge is 2.44. The molecule has 4 heteroatoms. The molecule has 1 saturated heterocycles. The predicted octanol–water partition coefficient (Wildman–Crippen LogP) is 0.924. The van der Waals surface area contributed by atoms with Gasteiger partial charge < -0.3 is 10.4 Å². The molecule has 1 heterocycles. The Morgan fingerprint density at radius 1 is 1.53 bits per heavy atom. The molecule has 0 aromatic carbocycles. The van der Waals surface area contributed by atoms with Gasteiger partial charge in [-0.2, -0.15) is 0 Å². The number of hydrogen-bond donors (Lipinski definition) is 2. The largest absolute Gasteiger partial charge is 0.481 e. The van der Waals surface area contributed by atoms with E-state index < -0.39 is 5.97 Å². The highest BCUT2D eigenvalue weighted by Crippen LogP contribution is 2.27. The van der Waals surface area contributed by atoms with Gasteiger partial charge in [-0.25, -0.2) is 0 Å². The number of hydrogen-bond acceptors (Lipinski definition) is 3. The molecule has 4 nitrogen and oxygen atoms in total. The second kappa shape index (κ2) is 4.94. The van der Waals surface area contributed by atoms with Crippen molar-refractivity contribution < 1.29 is 9.90 Å². The van der Waals surface area contributed by atoms with E-state index in [9.17, 15) is 4.79 Å². The monoisotopic (exact) mass is 214 g/mol. The average Bonchev–Trinajstić information content (AvgIpc) is 2.07. The van der Waals surface area contributed by atoms with Crippen molar-refractivity contribution in [3.8, 4) is 0 Å². The first kappa shape index (κ1) is 12.5. The van der Waals surface area contributed by atoms with Crippen LogP contribution in [-0.4, -0.2) is 47.2 Å². The van der Waals surface area contributed by atoms with Crippen molar-refractivity contribution in [2.45, 2.75) is 45.2 Å². The fourth-order valence-corrected chi connectivity index (χ4v) is 2.41. The van der Waals surface area contributed by atoms with E-state index in [1.54, 1.807) is 0 Å². The Balaban J connectivity index is 2.72.